The van der Waals surface area contributed by atoms with Crippen molar-refractivity contribution in [3.63, 3.8) is 0 Å². The van der Waals surface area contributed by atoms with Crippen molar-refractivity contribution in [1.29, 1.82) is 0 Å². The molecule has 20 heavy (non-hydrogen) atoms. The van der Waals surface area contributed by atoms with Crippen LogP contribution in [0.25, 0.3) is 0 Å². The zero-order valence-corrected chi connectivity index (χ0v) is 12.5. The van der Waals surface area contributed by atoms with Gasteiger partial charge in [-0.2, -0.15) is 0 Å². The molecule has 0 spiro atoms. The Balaban J connectivity index is 2.06. The summed E-state index contributed by atoms with van der Waals surface area (Å²) in [6, 6.07) is 4.13. The van der Waals surface area contributed by atoms with Gasteiger partial charge in [-0.15, -0.1) is 0 Å². The van der Waals surface area contributed by atoms with E-state index in [1.165, 1.54) is 0 Å². The Hall–Kier alpha value is -1.75. The topological polar surface area (TPSA) is 70.4 Å². The number of nitrogens with one attached hydrogen (secondary N) is 2. The minimum Gasteiger partial charge on any atom is -0.397 e. The molecule has 1 amide bonds. The van der Waals surface area contributed by atoms with Crippen molar-refractivity contribution in [3.8, 4) is 0 Å². The molecule has 1 unspecified atom stereocenters. The van der Waals surface area contributed by atoms with Gasteiger partial charge in [-0.05, 0) is 37.7 Å². The lowest BCUT2D eigenvalue weighted by molar-refractivity contribution is -0.115. The van der Waals surface area contributed by atoms with Gasteiger partial charge in [0.15, 0.2) is 0 Å². The average Bonchev–Trinajstić information content (AvgIpc) is 2.75. The summed E-state index contributed by atoms with van der Waals surface area (Å²) in [7, 11) is 0. The van der Waals surface area contributed by atoms with Crippen LogP contribution in [0, 0.1) is 0 Å². The van der Waals surface area contributed by atoms with E-state index in [-0.39, 0.29) is 5.91 Å². The van der Waals surface area contributed by atoms with E-state index in [4.69, 9.17) is 5.73 Å². The number of nitrogen functional groups attached to an aromatic ring is 1. The molecule has 0 bridgehead atoms. The summed E-state index contributed by atoms with van der Waals surface area (Å²) in [5.74, 6) is 0.0349. The largest absolute Gasteiger partial charge is 0.397 e. The molecule has 2 rings (SSSR count). The van der Waals surface area contributed by atoms with Crippen LogP contribution in [-0.4, -0.2) is 36.5 Å². The number of carbonyl (C=O) groups excluding carboxylic acids is 1. The molecule has 0 fully saturated rings. The summed E-state index contributed by atoms with van der Waals surface area (Å²) in [5.41, 5.74) is 9.52. The minimum absolute atomic E-state index is 0.0349. The van der Waals surface area contributed by atoms with Gasteiger partial charge in [0.05, 0.1) is 17.8 Å². The van der Waals surface area contributed by atoms with Crippen LogP contribution in [0.4, 0.5) is 17.1 Å². The van der Waals surface area contributed by atoms with Crippen molar-refractivity contribution in [1.82, 2.24) is 4.90 Å². The van der Waals surface area contributed by atoms with E-state index in [0.717, 1.165) is 36.6 Å². The number of nitrogens with two attached hydrogens (primary N) is 1. The molecule has 1 atom stereocenters. The molecule has 1 aromatic carbocycles. The van der Waals surface area contributed by atoms with Crippen molar-refractivity contribution in [2.24, 2.45) is 0 Å². The van der Waals surface area contributed by atoms with Gasteiger partial charge in [-0.3, -0.25) is 4.79 Å². The van der Waals surface area contributed by atoms with Gasteiger partial charge in [0.25, 0.3) is 0 Å². The van der Waals surface area contributed by atoms with Crippen LogP contribution in [0.3, 0.4) is 0 Å². The molecule has 0 saturated heterocycles. The van der Waals surface area contributed by atoms with Crippen LogP contribution >= 0.6 is 0 Å². The maximum Gasteiger partial charge on any atom is 0.228 e. The number of hydrogen-bond acceptors (Lipinski definition) is 4. The van der Waals surface area contributed by atoms with Gasteiger partial charge in [0, 0.05) is 18.3 Å². The van der Waals surface area contributed by atoms with Crippen molar-refractivity contribution >= 4 is 23.0 Å². The van der Waals surface area contributed by atoms with Gasteiger partial charge < -0.3 is 21.3 Å². The predicted molar refractivity (Wildman–Crippen MR) is 84.1 cm³/mol. The van der Waals surface area contributed by atoms with Crippen molar-refractivity contribution in [3.05, 3.63) is 17.7 Å². The molecule has 1 heterocycles. The van der Waals surface area contributed by atoms with Crippen molar-refractivity contribution in [2.45, 2.75) is 33.2 Å². The Morgan fingerprint density at radius 2 is 2.10 bits per heavy atom. The first-order valence-electron chi connectivity index (χ1n) is 7.24. The average molecular weight is 276 g/mol. The molecule has 5 nitrogen and oxygen atoms in total. The highest BCUT2D eigenvalue weighted by Crippen LogP contribution is 2.31. The third-order valence-corrected chi connectivity index (χ3v) is 3.73. The number of hydrogen-bond donors (Lipinski definition) is 3. The van der Waals surface area contributed by atoms with Crippen LogP contribution in [-0.2, 0) is 11.2 Å². The number of carbonyl (C=O) groups is 1. The van der Waals surface area contributed by atoms with Crippen LogP contribution in [0.1, 0.15) is 26.3 Å². The third kappa shape index (κ3) is 3.22. The maximum atomic E-state index is 11.4. The second-order valence-electron chi connectivity index (χ2n) is 5.35. The SMILES string of the molecule is CCN(CC)CC(C)Nc1cc2c(cc1N)CC(=O)N2. The number of fused-ring (bicyclic) bond motifs is 1. The first-order valence-corrected chi connectivity index (χ1v) is 7.24. The first kappa shape index (κ1) is 14.7. The quantitative estimate of drug-likeness (QED) is 0.694. The Morgan fingerprint density at radius 1 is 1.40 bits per heavy atom. The molecule has 110 valence electrons. The zero-order valence-electron chi connectivity index (χ0n) is 12.5. The van der Waals surface area contributed by atoms with Gasteiger partial charge in [-0.25, -0.2) is 0 Å². The fourth-order valence-corrected chi connectivity index (χ4v) is 2.60. The van der Waals surface area contributed by atoms with Crippen LogP contribution < -0.4 is 16.4 Å². The summed E-state index contributed by atoms with van der Waals surface area (Å²) in [4.78, 5) is 13.8. The highest BCUT2D eigenvalue weighted by Gasteiger charge is 2.19. The minimum atomic E-state index is 0.0349. The molecule has 5 heteroatoms. The molecule has 1 aliphatic rings. The Labute approximate surface area is 120 Å². The predicted octanol–water partition coefficient (Wildman–Crippen LogP) is 1.91. The van der Waals surface area contributed by atoms with Crippen molar-refractivity contribution in [2.75, 3.05) is 36.0 Å². The zero-order chi connectivity index (χ0) is 14.7. The summed E-state index contributed by atoms with van der Waals surface area (Å²) in [6.45, 7) is 9.51. The van der Waals surface area contributed by atoms with Crippen LogP contribution in [0.5, 0.6) is 0 Å². The van der Waals surface area contributed by atoms with Crippen LogP contribution in [0.2, 0.25) is 0 Å². The molecule has 0 radical (unpaired) electrons. The lowest BCUT2D eigenvalue weighted by Crippen LogP contribution is -2.34. The number of benzene rings is 1. The molecule has 0 saturated carbocycles. The number of likely N-dealkylation sites (N-methyl/N-ethyl adjacent to an activating group) is 1. The number of amides is 1. The number of nitrogens with zero attached hydrogens (tertiary/aromatic N) is 1. The molecule has 4 N–H and O–H groups in total. The van der Waals surface area contributed by atoms with E-state index in [1.807, 2.05) is 12.1 Å². The van der Waals surface area contributed by atoms with Gasteiger partial charge in [0.2, 0.25) is 5.91 Å². The maximum absolute atomic E-state index is 11.4. The Bertz CT molecular complexity index is 497. The molecular weight excluding hydrogens is 252 g/mol. The summed E-state index contributed by atoms with van der Waals surface area (Å²) in [6.07, 6.45) is 0.425. The molecule has 1 aliphatic heterocycles. The number of anilines is 3. The Kier molecular flexibility index (Phi) is 4.49. The Morgan fingerprint density at radius 3 is 2.75 bits per heavy atom. The normalized spacial score (nSPS) is 15.1. The second-order valence-corrected chi connectivity index (χ2v) is 5.35. The lowest BCUT2D eigenvalue weighted by atomic mass is 10.1. The standard InChI is InChI=1S/C15H24N4O/c1-4-19(5-2)9-10(3)17-14-8-13-11(6-12(14)16)7-15(20)18-13/h6,8,10,17H,4-5,7,9,16H2,1-3H3,(H,18,20). The van der Waals surface area contributed by atoms with E-state index < -0.39 is 0 Å². The summed E-state index contributed by atoms with van der Waals surface area (Å²) in [5, 5.41) is 6.29. The fraction of sp³-hybridized carbons (Fsp3) is 0.533. The molecule has 0 aliphatic carbocycles. The van der Waals surface area contributed by atoms with Gasteiger partial charge in [-0.1, -0.05) is 13.8 Å². The first-order chi connectivity index (χ1) is 9.53. The smallest absolute Gasteiger partial charge is 0.228 e. The van der Waals surface area contributed by atoms with Gasteiger partial charge >= 0.3 is 0 Å². The monoisotopic (exact) mass is 276 g/mol. The molecule has 0 aromatic heterocycles. The molecular formula is C15H24N4O. The van der Waals surface area contributed by atoms with Gasteiger partial charge in [0.1, 0.15) is 0 Å². The fourth-order valence-electron chi connectivity index (χ4n) is 2.60. The van der Waals surface area contributed by atoms with E-state index in [1.54, 1.807) is 0 Å². The van der Waals surface area contributed by atoms with E-state index >= 15 is 0 Å². The third-order valence-electron chi connectivity index (χ3n) is 3.73. The highest BCUT2D eigenvalue weighted by atomic mass is 16.1. The van der Waals surface area contributed by atoms with E-state index in [2.05, 4.69) is 36.3 Å². The lowest BCUT2D eigenvalue weighted by Gasteiger charge is -2.25. The summed E-state index contributed by atoms with van der Waals surface area (Å²) < 4.78 is 0. The second kappa shape index (κ2) is 6.13. The van der Waals surface area contributed by atoms with E-state index in [0.29, 0.717) is 18.2 Å². The van der Waals surface area contributed by atoms with Crippen molar-refractivity contribution < 1.29 is 4.79 Å². The summed E-state index contributed by atoms with van der Waals surface area (Å²) >= 11 is 0. The molecule has 1 aromatic rings. The van der Waals surface area contributed by atoms with Crippen LogP contribution in [0.15, 0.2) is 12.1 Å². The van der Waals surface area contributed by atoms with E-state index in [9.17, 15) is 4.79 Å². The highest BCUT2D eigenvalue weighted by molar-refractivity contribution is 6.00. The number of rotatable bonds is 6.